The summed E-state index contributed by atoms with van der Waals surface area (Å²) in [5.74, 6) is 0. The van der Waals surface area contributed by atoms with Crippen LogP contribution in [0.4, 0.5) is 0 Å². The molecule has 0 aliphatic carbocycles. The molecule has 140 valence electrons. The van der Waals surface area contributed by atoms with E-state index in [4.69, 9.17) is 13.7 Å². The normalized spacial score (nSPS) is 18.2. The largest absolute Gasteiger partial charge is 0.494 e. The molecule has 2 heterocycles. The van der Waals surface area contributed by atoms with Crippen molar-refractivity contribution in [1.29, 1.82) is 0 Å². The Morgan fingerprint density at radius 3 is 1.93 bits per heavy atom. The molecule has 0 radical (unpaired) electrons. The maximum atomic E-state index is 6.23. The van der Waals surface area contributed by atoms with Gasteiger partial charge < -0.3 is 13.7 Å². The van der Waals surface area contributed by atoms with Crippen LogP contribution in [-0.2, 0) is 9.31 Å². The average molecular weight is 370 g/mol. The van der Waals surface area contributed by atoms with Crippen LogP contribution in [0.2, 0.25) is 0 Å². The monoisotopic (exact) mass is 370 g/mol. The lowest BCUT2D eigenvalue weighted by atomic mass is 9.78. The third-order valence-electron chi connectivity index (χ3n) is 6.13. The van der Waals surface area contributed by atoms with Crippen molar-refractivity contribution in [1.82, 2.24) is 0 Å². The fourth-order valence-electron chi connectivity index (χ4n) is 3.73. The molecule has 3 aromatic carbocycles. The highest BCUT2D eigenvalue weighted by Crippen LogP contribution is 2.37. The Bertz CT molecular complexity index is 1160. The first kappa shape index (κ1) is 17.5. The van der Waals surface area contributed by atoms with Crippen molar-refractivity contribution in [3.63, 3.8) is 0 Å². The van der Waals surface area contributed by atoms with Crippen molar-refractivity contribution in [3.05, 3.63) is 66.7 Å². The molecule has 1 fully saturated rings. The maximum absolute atomic E-state index is 6.23. The highest BCUT2D eigenvalue weighted by atomic mass is 16.7. The average Bonchev–Trinajstić information content (AvgIpc) is 3.14. The van der Waals surface area contributed by atoms with Gasteiger partial charge in [0.25, 0.3) is 0 Å². The first-order valence-corrected chi connectivity index (χ1v) is 9.71. The molecule has 0 saturated carbocycles. The van der Waals surface area contributed by atoms with Crippen LogP contribution in [0.15, 0.2) is 71.1 Å². The van der Waals surface area contributed by atoms with Crippen LogP contribution in [0.1, 0.15) is 27.7 Å². The van der Waals surface area contributed by atoms with Gasteiger partial charge in [-0.25, -0.2) is 0 Å². The van der Waals surface area contributed by atoms with Crippen LogP contribution < -0.4 is 5.46 Å². The first-order valence-electron chi connectivity index (χ1n) is 9.71. The number of hydrogen-bond donors (Lipinski definition) is 0. The number of rotatable bonds is 2. The Balaban J connectivity index is 1.62. The lowest BCUT2D eigenvalue weighted by Crippen LogP contribution is -2.41. The molecule has 0 N–H and O–H groups in total. The van der Waals surface area contributed by atoms with Gasteiger partial charge in [0.1, 0.15) is 11.2 Å². The number of fused-ring (bicyclic) bond motifs is 3. The summed E-state index contributed by atoms with van der Waals surface area (Å²) >= 11 is 0. The third-order valence-corrected chi connectivity index (χ3v) is 6.13. The molecule has 4 aromatic rings. The second kappa shape index (κ2) is 5.97. The van der Waals surface area contributed by atoms with Gasteiger partial charge in [0, 0.05) is 10.8 Å². The fraction of sp³-hybridized carbons (Fsp3) is 0.250. The van der Waals surface area contributed by atoms with E-state index >= 15 is 0 Å². The van der Waals surface area contributed by atoms with Crippen LogP contribution >= 0.6 is 0 Å². The lowest BCUT2D eigenvalue weighted by Gasteiger charge is -2.32. The van der Waals surface area contributed by atoms with Gasteiger partial charge in [-0.1, -0.05) is 48.5 Å². The van der Waals surface area contributed by atoms with Gasteiger partial charge in [-0.3, -0.25) is 0 Å². The minimum Gasteiger partial charge on any atom is -0.456 e. The quantitative estimate of drug-likeness (QED) is 0.434. The van der Waals surface area contributed by atoms with Crippen molar-refractivity contribution in [3.8, 4) is 11.1 Å². The summed E-state index contributed by atoms with van der Waals surface area (Å²) in [5.41, 5.74) is 4.44. The van der Waals surface area contributed by atoms with Gasteiger partial charge in [0.15, 0.2) is 0 Å². The first-order chi connectivity index (χ1) is 13.3. The molecule has 0 spiro atoms. The SMILES string of the molecule is CC1(C)OB(c2ccc3oc4ccc(-c5ccccc5)cc4c3c2)OC1(C)C. The molecule has 1 saturated heterocycles. The molecule has 5 rings (SSSR count). The Labute approximate surface area is 165 Å². The highest BCUT2D eigenvalue weighted by molar-refractivity contribution is 6.62. The van der Waals surface area contributed by atoms with Crippen LogP contribution in [-0.4, -0.2) is 18.3 Å². The van der Waals surface area contributed by atoms with Gasteiger partial charge in [-0.05, 0) is 62.5 Å². The minimum absolute atomic E-state index is 0.356. The molecule has 0 unspecified atom stereocenters. The van der Waals surface area contributed by atoms with E-state index in [0.717, 1.165) is 27.4 Å². The molecule has 28 heavy (non-hydrogen) atoms. The van der Waals surface area contributed by atoms with Gasteiger partial charge >= 0.3 is 7.12 Å². The summed E-state index contributed by atoms with van der Waals surface area (Å²) < 4.78 is 18.5. The molecule has 1 aliphatic heterocycles. The molecule has 1 aliphatic rings. The van der Waals surface area contributed by atoms with Crippen molar-refractivity contribution < 1.29 is 13.7 Å². The molecule has 1 aromatic heterocycles. The Morgan fingerprint density at radius 2 is 1.25 bits per heavy atom. The molecule has 0 bridgehead atoms. The van der Waals surface area contributed by atoms with Gasteiger partial charge in [0.2, 0.25) is 0 Å². The van der Waals surface area contributed by atoms with Crippen LogP contribution in [0.25, 0.3) is 33.1 Å². The van der Waals surface area contributed by atoms with E-state index in [-0.39, 0.29) is 18.3 Å². The molecule has 4 heteroatoms. The van der Waals surface area contributed by atoms with E-state index in [1.54, 1.807) is 0 Å². The minimum atomic E-state index is -0.378. The smallest absolute Gasteiger partial charge is 0.456 e. The van der Waals surface area contributed by atoms with Crippen molar-refractivity contribution in [2.45, 2.75) is 38.9 Å². The van der Waals surface area contributed by atoms with Crippen molar-refractivity contribution in [2.24, 2.45) is 0 Å². The number of furan rings is 1. The number of hydrogen-bond acceptors (Lipinski definition) is 3. The van der Waals surface area contributed by atoms with Crippen molar-refractivity contribution in [2.75, 3.05) is 0 Å². The van der Waals surface area contributed by atoms with Gasteiger partial charge in [-0.15, -0.1) is 0 Å². The Morgan fingerprint density at radius 1 is 0.643 bits per heavy atom. The molecular formula is C24H23BO3. The summed E-state index contributed by atoms with van der Waals surface area (Å²) in [6.07, 6.45) is 0. The molecular weight excluding hydrogens is 347 g/mol. The number of benzene rings is 3. The molecule has 0 atom stereocenters. The molecule has 0 amide bonds. The van der Waals surface area contributed by atoms with Crippen LogP contribution in [0, 0.1) is 0 Å². The van der Waals surface area contributed by atoms with E-state index in [9.17, 15) is 0 Å². The predicted molar refractivity (Wildman–Crippen MR) is 115 cm³/mol. The van der Waals surface area contributed by atoms with Gasteiger partial charge in [0.05, 0.1) is 11.2 Å². The summed E-state index contributed by atoms with van der Waals surface area (Å²) in [7, 11) is -0.378. The zero-order valence-corrected chi connectivity index (χ0v) is 16.7. The van der Waals surface area contributed by atoms with E-state index < -0.39 is 0 Å². The third kappa shape index (κ3) is 2.68. The van der Waals surface area contributed by atoms with E-state index in [1.807, 2.05) is 24.3 Å². The van der Waals surface area contributed by atoms with Crippen LogP contribution in [0.5, 0.6) is 0 Å². The summed E-state index contributed by atoms with van der Waals surface area (Å²) in [4.78, 5) is 0. The zero-order valence-electron chi connectivity index (χ0n) is 16.7. The summed E-state index contributed by atoms with van der Waals surface area (Å²) in [5, 5.41) is 2.19. The van der Waals surface area contributed by atoms with Crippen molar-refractivity contribution >= 4 is 34.5 Å². The maximum Gasteiger partial charge on any atom is 0.494 e. The predicted octanol–water partition coefficient (Wildman–Crippen LogP) is 5.55. The topological polar surface area (TPSA) is 31.6 Å². The molecule has 3 nitrogen and oxygen atoms in total. The van der Waals surface area contributed by atoms with E-state index in [0.29, 0.717) is 0 Å². The van der Waals surface area contributed by atoms with Gasteiger partial charge in [-0.2, -0.15) is 0 Å². The second-order valence-corrected chi connectivity index (χ2v) is 8.52. The summed E-state index contributed by atoms with van der Waals surface area (Å²) in [6.45, 7) is 8.30. The summed E-state index contributed by atoms with van der Waals surface area (Å²) in [6, 6.07) is 22.9. The zero-order chi connectivity index (χ0) is 19.5. The standard InChI is InChI=1S/C24H23BO3/c1-23(2)24(3,4)28-25(27-23)18-11-13-22-20(15-18)19-14-17(10-12-21(19)26-22)16-8-6-5-7-9-16/h5-15H,1-4H3. The lowest BCUT2D eigenvalue weighted by molar-refractivity contribution is 0.00578. The van der Waals surface area contributed by atoms with Crippen LogP contribution in [0.3, 0.4) is 0 Å². The van der Waals surface area contributed by atoms with E-state index in [2.05, 4.69) is 70.2 Å². The second-order valence-electron chi connectivity index (χ2n) is 8.52. The Kier molecular flexibility index (Phi) is 3.74. The Hall–Kier alpha value is -2.56. The van der Waals surface area contributed by atoms with E-state index in [1.165, 1.54) is 11.1 Å². The highest BCUT2D eigenvalue weighted by Gasteiger charge is 2.51. The fourth-order valence-corrected chi connectivity index (χ4v) is 3.73.